The molecule has 66 heavy (non-hydrogen) atoms. The number of ether oxygens (including phenoxy) is 4. The van der Waals surface area contributed by atoms with Gasteiger partial charge in [-0.25, -0.2) is 0 Å². The summed E-state index contributed by atoms with van der Waals surface area (Å²) in [6.45, 7) is 2.55. The van der Waals surface area contributed by atoms with Gasteiger partial charge in [-0.3, -0.25) is 4.79 Å². The first-order chi connectivity index (χ1) is 32.1. The SMILES string of the molecule is CC/C=C\C/C=C\C/C=C\C/C=C\C/C=C\CCCCCCCCCC(=O)NC(COC1OC(CO)C(OC2OC(CO)C(O)C(O)C2O)C(O)C1O)C(O)/C=C/CC/C=C/CCCCC. The molecule has 0 aliphatic carbocycles. The number of rotatable bonds is 36. The molecule has 14 nitrogen and oxygen atoms in total. The Hall–Kier alpha value is -2.83. The average molecular weight is 934 g/mol. The summed E-state index contributed by atoms with van der Waals surface area (Å²) < 4.78 is 22.6. The molecule has 2 fully saturated rings. The van der Waals surface area contributed by atoms with Crippen molar-refractivity contribution in [3.63, 3.8) is 0 Å². The molecule has 0 aromatic carbocycles. The van der Waals surface area contributed by atoms with Gasteiger partial charge in [-0.05, 0) is 77.0 Å². The Bertz CT molecular complexity index is 1430. The summed E-state index contributed by atoms with van der Waals surface area (Å²) in [4.78, 5) is 13.1. The van der Waals surface area contributed by atoms with Gasteiger partial charge in [-0.15, -0.1) is 0 Å². The van der Waals surface area contributed by atoms with Crippen molar-refractivity contribution in [2.75, 3.05) is 19.8 Å². The van der Waals surface area contributed by atoms with Crippen molar-refractivity contribution in [1.82, 2.24) is 5.32 Å². The first kappa shape index (κ1) is 59.3. The number of carbonyl (C=O) groups is 1. The van der Waals surface area contributed by atoms with Crippen molar-refractivity contribution >= 4 is 5.91 Å². The molecule has 378 valence electrons. The van der Waals surface area contributed by atoms with E-state index < -0.39 is 86.8 Å². The van der Waals surface area contributed by atoms with Crippen molar-refractivity contribution in [3.05, 3.63) is 85.1 Å². The smallest absolute Gasteiger partial charge is 0.220 e. The number of hydrogen-bond donors (Lipinski definition) is 9. The highest BCUT2D eigenvalue weighted by Crippen LogP contribution is 2.30. The fraction of sp³-hybridized carbons (Fsp3) is 0.712. The van der Waals surface area contributed by atoms with Crippen molar-refractivity contribution in [1.29, 1.82) is 0 Å². The molecule has 12 unspecified atom stereocenters. The third-order valence-electron chi connectivity index (χ3n) is 11.6. The minimum absolute atomic E-state index is 0.255. The Kier molecular flexibility index (Phi) is 34.2. The van der Waals surface area contributed by atoms with Crippen LogP contribution >= 0.6 is 0 Å². The minimum atomic E-state index is -1.79. The Morgan fingerprint density at radius 1 is 0.561 bits per heavy atom. The molecular weight excluding hydrogens is 847 g/mol. The van der Waals surface area contributed by atoms with E-state index >= 15 is 0 Å². The second kappa shape index (κ2) is 38.1. The van der Waals surface area contributed by atoms with Crippen LogP contribution in [0.25, 0.3) is 0 Å². The molecule has 1 amide bonds. The van der Waals surface area contributed by atoms with Crippen molar-refractivity contribution < 1.29 is 64.6 Å². The summed E-state index contributed by atoms with van der Waals surface area (Å²) in [5, 5.41) is 86.5. The van der Waals surface area contributed by atoms with E-state index in [0.717, 1.165) is 89.9 Å². The van der Waals surface area contributed by atoms with Gasteiger partial charge in [0.05, 0.1) is 32.0 Å². The summed E-state index contributed by atoms with van der Waals surface area (Å²) in [5.41, 5.74) is 0. The van der Waals surface area contributed by atoms with E-state index in [0.29, 0.717) is 12.8 Å². The molecule has 0 bridgehead atoms. The first-order valence-electron chi connectivity index (χ1n) is 24.8. The number of aliphatic hydroxyl groups excluding tert-OH is 8. The van der Waals surface area contributed by atoms with Gasteiger partial charge in [-0.1, -0.05) is 144 Å². The van der Waals surface area contributed by atoms with E-state index in [9.17, 15) is 45.6 Å². The fourth-order valence-corrected chi connectivity index (χ4v) is 7.51. The highest BCUT2D eigenvalue weighted by molar-refractivity contribution is 5.76. The second-order valence-electron chi connectivity index (χ2n) is 17.2. The molecule has 9 N–H and O–H groups in total. The zero-order valence-corrected chi connectivity index (χ0v) is 39.9. The third kappa shape index (κ3) is 25.0. The van der Waals surface area contributed by atoms with E-state index in [1.54, 1.807) is 6.08 Å². The standard InChI is InChI=1S/C52H87NO13/c1-3-5-7-9-11-13-14-15-16-17-18-19-20-21-22-23-24-25-26-28-30-32-34-36-44(57)53-40(41(56)35-33-31-29-27-12-10-8-6-4-2)39-63-51-49(62)47(60)50(43(38-55)65-51)66-52-48(61)46(59)45(58)42(37-54)64-52/h5,7,11-13,15-16,18-19,21-22,27,33,35,40-43,45-52,54-56,58-62H,3-4,6,8-10,14,17,20,23-26,28-32,34,36-39H2,1-2H3,(H,53,57)/b7-5-,13-11-,16-15-,19-18-,22-21-,27-12+,35-33+. The Morgan fingerprint density at radius 2 is 1.06 bits per heavy atom. The summed E-state index contributed by atoms with van der Waals surface area (Å²) in [6, 6.07) is -0.940. The predicted molar refractivity (Wildman–Crippen MR) is 258 cm³/mol. The molecule has 2 rings (SSSR count). The molecular formula is C52H87NO13. The van der Waals surface area contributed by atoms with Gasteiger partial charge < -0.3 is 65.1 Å². The van der Waals surface area contributed by atoms with Crippen molar-refractivity contribution in [2.45, 2.75) is 216 Å². The largest absolute Gasteiger partial charge is 0.394 e. The van der Waals surface area contributed by atoms with Crippen LogP contribution < -0.4 is 5.32 Å². The Morgan fingerprint density at radius 3 is 1.67 bits per heavy atom. The molecule has 0 spiro atoms. The van der Waals surface area contributed by atoms with Gasteiger partial charge in [0.15, 0.2) is 12.6 Å². The number of aliphatic hydroxyl groups is 8. The maximum atomic E-state index is 13.1. The zero-order valence-electron chi connectivity index (χ0n) is 39.9. The van der Waals surface area contributed by atoms with Crippen LogP contribution in [0.5, 0.6) is 0 Å². The number of nitrogens with one attached hydrogen (secondary N) is 1. The lowest BCUT2D eigenvalue weighted by Gasteiger charge is -2.46. The Labute approximate surface area is 395 Å². The molecule has 2 aliphatic rings. The van der Waals surface area contributed by atoms with E-state index in [1.807, 2.05) is 6.08 Å². The van der Waals surface area contributed by atoms with E-state index in [1.165, 1.54) is 19.3 Å². The number of unbranched alkanes of at least 4 members (excludes halogenated alkanes) is 11. The third-order valence-corrected chi connectivity index (χ3v) is 11.6. The summed E-state index contributed by atoms with van der Waals surface area (Å²) in [5.74, 6) is -0.269. The van der Waals surface area contributed by atoms with Crippen LogP contribution in [0.1, 0.15) is 142 Å². The maximum Gasteiger partial charge on any atom is 0.220 e. The van der Waals surface area contributed by atoms with Gasteiger partial charge in [0.1, 0.15) is 48.8 Å². The first-order valence-corrected chi connectivity index (χ1v) is 24.8. The maximum absolute atomic E-state index is 13.1. The molecule has 0 saturated carbocycles. The molecule has 0 radical (unpaired) electrons. The normalized spacial score (nSPS) is 27.5. The second-order valence-corrected chi connectivity index (χ2v) is 17.2. The van der Waals surface area contributed by atoms with Gasteiger partial charge in [0.2, 0.25) is 5.91 Å². The monoisotopic (exact) mass is 934 g/mol. The van der Waals surface area contributed by atoms with Gasteiger partial charge >= 0.3 is 0 Å². The summed E-state index contributed by atoms with van der Waals surface area (Å²) in [6.07, 6.45) is 32.1. The van der Waals surface area contributed by atoms with Crippen LogP contribution in [-0.2, 0) is 23.7 Å². The molecule has 2 saturated heterocycles. The molecule has 2 heterocycles. The van der Waals surface area contributed by atoms with E-state index in [4.69, 9.17) is 18.9 Å². The quantitative estimate of drug-likeness (QED) is 0.0252. The van der Waals surface area contributed by atoms with Crippen LogP contribution in [-0.4, -0.2) is 140 Å². The number of carbonyl (C=O) groups excluding carboxylic acids is 1. The zero-order chi connectivity index (χ0) is 48.2. The lowest BCUT2D eigenvalue weighted by atomic mass is 9.97. The number of hydrogen-bond acceptors (Lipinski definition) is 13. The van der Waals surface area contributed by atoms with Crippen LogP contribution in [0.2, 0.25) is 0 Å². The van der Waals surface area contributed by atoms with Crippen LogP contribution in [0.4, 0.5) is 0 Å². The van der Waals surface area contributed by atoms with Gasteiger partial charge in [0.25, 0.3) is 0 Å². The van der Waals surface area contributed by atoms with E-state index in [-0.39, 0.29) is 18.9 Å². The van der Waals surface area contributed by atoms with Crippen LogP contribution in [0.3, 0.4) is 0 Å². The average Bonchev–Trinajstić information content (AvgIpc) is 3.31. The lowest BCUT2D eigenvalue weighted by molar-refractivity contribution is -0.359. The number of amides is 1. The highest BCUT2D eigenvalue weighted by Gasteiger charge is 2.51. The van der Waals surface area contributed by atoms with Crippen LogP contribution in [0, 0.1) is 0 Å². The van der Waals surface area contributed by atoms with E-state index in [2.05, 4.69) is 92.1 Å². The highest BCUT2D eigenvalue weighted by atomic mass is 16.7. The number of allylic oxidation sites excluding steroid dienone is 13. The predicted octanol–water partition coefficient (Wildman–Crippen LogP) is 6.21. The summed E-state index contributed by atoms with van der Waals surface area (Å²) in [7, 11) is 0. The van der Waals surface area contributed by atoms with Crippen LogP contribution in [0.15, 0.2) is 85.1 Å². The van der Waals surface area contributed by atoms with Gasteiger partial charge in [-0.2, -0.15) is 0 Å². The van der Waals surface area contributed by atoms with Crippen molar-refractivity contribution in [2.24, 2.45) is 0 Å². The molecule has 0 aromatic heterocycles. The lowest BCUT2D eigenvalue weighted by Crippen LogP contribution is -2.65. The Balaban J connectivity index is 1.79. The van der Waals surface area contributed by atoms with Gasteiger partial charge in [0, 0.05) is 6.42 Å². The fourth-order valence-electron chi connectivity index (χ4n) is 7.51. The summed E-state index contributed by atoms with van der Waals surface area (Å²) >= 11 is 0. The minimum Gasteiger partial charge on any atom is -0.394 e. The molecule has 14 heteroatoms. The molecule has 0 aromatic rings. The van der Waals surface area contributed by atoms with Crippen molar-refractivity contribution in [3.8, 4) is 0 Å². The molecule has 2 aliphatic heterocycles. The topological polar surface area (TPSA) is 228 Å². The molecule has 12 atom stereocenters.